The largest absolute Gasteiger partial charge is 0.448 e. The summed E-state index contributed by atoms with van der Waals surface area (Å²) in [5, 5.41) is 0.539. The van der Waals surface area contributed by atoms with Gasteiger partial charge in [0.1, 0.15) is 0 Å². The average Bonchev–Trinajstić information content (AvgIpc) is 3.14. The number of furan rings is 1. The van der Waals surface area contributed by atoms with E-state index in [1.54, 1.807) is 35.4 Å². The Labute approximate surface area is 153 Å². The van der Waals surface area contributed by atoms with Crippen LogP contribution >= 0.6 is 0 Å². The van der Waals surface area contributed by atoms with Gasteiger partial charge in [-0.25, -0.2) is 9.18 Å². The molecule has 0 saturated carbocycles. The van der Waals surface area contributed by atoms with E-state index in [-0.39, 0.29) is 17.3 Å². The number of carbonyl (C=O) groups excluding carboxylic acids is 2. The molecule has 4 rings (SSSR count). The topological polar surface area (TPSA) is 75.9 Å². The molecule has 3 aromatic rings. The summed E-state index contributed by atoms with van der Waals surface area (Å²) in [5.41, 5.74) is 0.0690. The van der Waals surface area contributed by atoms with E-state index in [2.05, 4.69) is 4.98 Å². The lowest BCUT2D eigenvalue weighted by Gasteiger charge is -2.33. The van der Waals surface area contributed by atoms with E-state index in [0.29, 0.717) is 37.3 Å². The average molecular weight is 369 g/mol. The van der Waals surface area contributed by atoms with Crippen molar-refractivity contribution in [3.8, 4) is 5.75 Å². The van der Waals surface area contributed by atoms with Crippen molar-refractivity contribution in [2.24, 2.45) is 0 Å². The van der Waals surface area contributed by atoms with Crippen molar-refractivity contribution < 1.29 is 23.1 Å². The third kappa shape index (κ3) is 3.46. The first-order valence-corrected chi connectivity index (χ1v) is 8.46. The predicted octanol–water partition coefficient (Wildman–Crippen LogP) is 2.92. The van der Waals surface area contributed by atoms with Crippen molar-refractivity contribution in [1.82, 2.24) is 14.8 Å². The predicted molar refractivity (Wildman–Crippen MR) is 93.9 cm³/mol. The zero-order valence-corrected chi connectivity index (χ0v) is 14.3. The Morgan fingerprint density at radius 1 is 1.07 bits per heavy atom. The number of carbonyl (C=O) groups is 2. The monoisotopic (exact) mass is 369 g/mol. The number of para-hydroxylation sites is 1. The third-order valence-electron chi connectivity index (χ3n) is 4.37. The Morgan fingerprint density at radius 2 is 1.85 bits per heavy atom. The molecule has 7 nitrogen and oxygen atoms in total. The Kier molecular flexibility index (Phi) is 4.45. The molecule has 8 heteroatoms. The SMILES string of the molecule is O=C(Oc1cccnc1)N1CCN(C(=O)c2cc3cccc(F)c3o2)CC1. The molecule has 0 unspecified atom stereocenters. The number of amides is 2. The van der Waals surface area contributed by atoms with Gasteiger partial charge in [0.25, 0.3) is 5.91 Å². The van der Waals surface area contributed by atoms with Crippen molar-refractivity contribution in [1.29, 1.82) is 0 Å². The molecule has 0 spiro atoms. The van der Waals surface area contributed by atoms with Crippen LogP contribution in [0.5, 0.6) is 5.75 Å². The number of nitrogens with zero attached hydrogens (tertiary/aromatic N) is 3. The van der Waals surface area contributed by atoms with Crippen LogP contribution in [0, 0.1) is 5.82 Å². The van der Waals surface area contributed by atoms with Crippen LogP contribution in [-0.4, -0.2) is 53.0 Å². The van der Waals surface area contributed by atoms with Crippen LogP contribution in [0.1, 0.15) is 10.6 Å². The molecule has 3 heterocycles. The Bertz CT molecular complexity index is 981. The van der Waals surface area contributed by atoms with Crippen molar-refractivity contribution >= 4 is 23.0 Å². The van der Waals surface area contributed by atoms with Crippen molar-refractivity contribution in [3.05, 3.63) is 60.4 Å². The molecule has 0 atom stereocenters. The van der Waals surface area contributed by atoms with Crippen molar-refractivity contribution in [2.45, 2.75) is 0 Å². The zero-order valence-electron chi connectivity index (χ0n) is 14.3. The molecule has 2 aromatic heterocycles. The summed E-state index contributed by atoms with van der Waals surface area (Å²) in [6.07, 6.45) is 2.56. The van der Waals surface area contributed by atoms with Gasteiger partial charge in [-0.2, -0.15) is 0 Å². The minimum atomic E-state index is -0.505. The highest BCUT2D eigenvalue weighted by Gasteiger charge is 2.28. The minimum Gasteiger partial charge on any atom is -0.448 e. The van der Waals surface area contributed by atoms with Gasteiger partial charge in [0.15, 0.2) is 22.9 Å². The molecule has 1 saturated heterocycles. The number of aromatic nitrogens is 1. The number of benzene rings is 1. The number of piperazine rings is 1. The van der Waals surface area contributed by atoms with E-state index < -0.39 is 11.9 Å². The number of halogens is 1. The maximum absolute atomic E-state index is 13.7. The first-order chi connectivity index (χ1) is 13.1. The van der Waals surface area contributed by atoms with Gasteiger partial charge in [0, 0.05) is 37.8 Å². The van der Waals surface area contributed by atoms with Crippen LogP contribution < -0.4 is 4.74 Å². The van der Waals surface area contributed by atoms with E-state index in [9.17, 15) is 14.0 Å². The molecule has 0 bridgehead atoms. The van der Waals surface area contributed by atoms with Gasteiger partial charge in [-0.3, -0.25) is 9.78 Å². The summed E-state index contributed by atoms with van der Waals surface area (Å²) in [5.74, 6) is -0.382. The molecule has 0 radical (unpaired) electrons. The summed E-state index contributed by atoms with van der Waals surface area (Å²) in [6.45, 7) is 1.33. The Balaban J connectivity index is 1.39. The minimum absolute atomic E-state index is 0.0690. The van der Waals surface area contributed by atoms with Gasteiger partial charge < -0.3 is 19.0 Å². The molecule has 1 aliphatic heterocycles. The fourth-order valence-electron chi connectivity index (χ4n) is 2.95. The maximum atomic E-state index is 13.7. The molecule has 1 fully saturated rings. The highest BCUT2D eigenvalue weighted by Crippen LogP contribution is 2.23. The second-order valence-corrected chi connectivity index (χ2v) is 6.10. The normalized spacial score (nSPS) is 14.4. The molecule has 0 N–H and O–H groups in total. The smallest absolute Gasteiger partial charge is 0.415 e. The molecule has 1 aliphatic rings. The second-order valence-electron chi connectivity index (χ2n) is 6.10. The molecule has 2 amide bonds. The molecular weight excluding hydrogens is 353 g/mol. The van der Waals surface area contributed by atoms with Gasteiger partial charge in [0.2, 0.25) is 0 Å². The fourth-order valence-corrected chi connectivity index (χ4v) is 2.95. The highest BCUT2D eigenvalue weighted by atomic mass is 19.1. The van der Waals surface area contributed by atoms with Gasteiger partial charge in [-0.1, -0.05) is 12.1 Å². The zero-order chi connectivity index (χ0) is 18.8. The van der Waals surface area contributed by atoms with Crippen molar-refractivity contribution in [2.75, 3.05) is 26.2 Å². The number of pyridine rings is 1. The first kappa shape index (κ1) is 17.0. The number of ether oxygens (including phenoxy) is 1. The van der Waals surface area contributed by atoms with Crippen LogP contribution in [-0.2, 0) is 0 Å². The lowest BCUT2D eigenvalue weighted by molar-refractivity contribution is 0.0606. The number of hydrogen-bond acceptors (Lipinski definition) is 5. The summed E-state index contributed by atoms with van der Waals surface area (Å²) in [4.78, 5) is 31.8. The Hall–Kier alpha value is -3.42. The fraction of sp³-hybridized carbons (Fsp3) is 0.211. The molecule has 138 valence electrons. The summed E-state index contributed by atoms with van der Waals surface area (Å²) < 4.78 is 24.4. The molecular formula is C19H16FN3O4. The van der Waals surface area contributed by atoms with Crippen LogP contribution in [0.4, 0.5) is 9.18 Å². The maximum Gasteiger partial charge on any atom is 0.415 e. The van der Waals surface area contributed by atoms with Crippen LogP contribution in [0.15, 0.2) is 53.2 Å². The second kappa shape index (κ2) is 7.06. The van der Waals surface area contributed by atoms with Gasteiger partial charge in [0.05, 0.1) is 6.20 Å². The van der Waals surface area contributed by atoms with Gasteiger partial charge in [-0.05, 0) is 24.3 Å². The first-order valence-electron chi connectivity index (χ1n) is 8.46. The van der Waals surface area contributed by atoms with E-state index in [0.717, 1.165) is 0 Å². The number of hydrogen-bond donors (Lipinski definition) is 0. The van der Waals surface area contributed by atoms with E-state index in [4.69, 9.17) is 9.15 Å². The van der Waals surface area contributed by atoms with Gasteiger partial charge >= 0.3 is 6.09 Å². The highest BCUT2D eigenvalue weighted by molar-refractivity contribution is 5.96. The third-order valence-corrected chi connectivity index (χ3v) is 4.37. The summed E-state index contributed by atoms with van der Waals surface area (Å²) >= 11 is 0. The van der Waals surface area contributed by atoms with Crippen LogP contribution in [0.25, 0.3) is 11.0 Å². The summed E-state index contributed by atoms with van der Waals surface area (Å²) in [6, 6.07) is 9.39. The lowest BCUT2D eigenvalue weighted by Crippen LogP contribution is -2.51. The van der Waals surface area contributed by atoms with E-state index in [1.165, 1.54) is 23.2 Å². The number of rotatable bonds is 2. The Morgan fingerprint density at radius 3 is 2.56 bits per heavy atom. The summed E-state index contributed by atoms with van der Waals surface area (Å²) in [7, 11) is 0. The van der Waals surface area contributed by atoms with Gasteiger partial charge in [-0.15, -0.1) is 0 Å². The quantitative estimate of drug-likeness (QED) is 0.694. The number of fused-ring (bicyclic) bond motifs is 1. The lowest BCUT2D eigenvalue weighted by atomic mass is 10.2. The molecule has 1 aromatic carbocycles. The van der Waals surface area contributed by atoms with Crippen LogP contribution in [0.2, 0.25) is 0 Å². The van der Waals surface area contributed by atoms with Crippen molar-refractivity contribution in [3.63, 3.8) is 0 Å². The van der Waals surface area contributed by atoms with Crippen LogP contribution in [0.3, 0.4) is 0 Å². The standard InChI is InChI=1S/C19H16FN3O4/c20-15-5-1-3-13-11-16(27-17(13)15)18(24)22-7-9-23(10-8-22)19(25)26-14-4-2-6-21-12-14/h1-6,11-12H,7-10H2. The molecule has 27 heavy (non-hydrogen) atoms. The van der Waals surface area contributed by atoms with E-state index in [1.807, 2.05) is 0 Å². The molecule has 0 aliphatic carbocycles. The van der Waals surface area contributed by atoms with E-state index >= 15 is 0 Å².